The zero-order valence-electron chi connectivity index (χ0n) is 12.3. The van der Waals surface area contributed by atoms with Gasteiger partial charge >= 0.3 is 0 Å². The average Bonchev–Trinajstić information content (AvgIpc) is 2.33. The van der Waals surface area contributed by atoms with E-state index in [2.05, 4.69) is 26.1 Å². The Balaban J connectivity index is 2.21. The Morgan fingerprint density at radius 1 is 1.12 bits per heavy atom. The molecule has 0 amide bonds. The van der Waals surface area contributed by atoms with Crippen molar-refractivity contribution in [2.45, 2.75) is 84.6 Å². The Hall–Kier alpha value is -0.0400. The minimum Gasteiger partial charge on any atom is -0.314 e. The van der Waals surface area contributed by atoms with Crippen molar-refractivity contribution in [1.82, 2.24) is 5.32 Å². The summed E-state index contributed by atoms with van der Waals surface area (Å²) in [4.78, 5) is 0. The van der Waals surface area contributed by atoms with Crippen LogP contribution >= 0.6 is 0 Å². The van der Waals surface area contributed by atoms with Gasteiger partial charge in [0.1, 0.15) is 0 Å². The molecule has 1 saturated carbocycles. The van der Waals surface area contributed by atoms with Crippen LogP contribution in [-0.2, 0) is 0 Å². The van der Waals surface area contributed by atoms with Crippen molar-refractivity contribution in [3.63, 3.8) is 0 Å². The van der Waals surface area contributed by atoms with Crippen LogP contribution in [0.2, 0.25) is 0 Å². The highest BCUT2D eigenvalue weighted by Gasteiger charge is 2.16. The lowest BCUT2D eigenvalue weighted by Crippen LogP contribution is -2.31. The highest BCUT2D eigenvalue weighted by molar-refractivity contribution is 4.73. The van der Waals surface area contributed by atoms with E-state index in [-0.39, 0.29) is 0 Å². The quantitative estimate of drug-likeness (QED) is 0.644. The third kappa shape index (κ3) is 7.08. The summed E-state index contributed by atoms with van der Waals surface area (Å²) in [6.45, 7) is 8.16. The molecule has 1 N–H and O–H groups in total. The molecule has 1 rings (SSSR count). The Kier molecular flexibility index (Phi) is 7.92. The van der Waals surface area contributed by atoms with Crippen molar-refractivity contribution in [3.8, 4) is 0 Å². The van der Waals surface area contributed by atoms with Gasteiger partial charge in [-0.05, 0) is 44.1 Å². The van der Waals surface area contributed by atoms with Crippen molar-refractivity contribution in [2.75, 3.05) is 6.54 Å². The number of nitrogens with one attached hydrogen (secondary N) is 1. The topological polar surface area (TPSA) is 12.0 Å². The van der Waals surface area contributed by atoms with Gasteiger partial charge < -0.3 is 5.32 Å². The Labute approximate surface area is 109 Å². The van der Waals surface area contributed by atoms with Crippen LogP contribution in [0.5, 0.6) is 0 Å². The summed E-state index contributed by atoms with van der Waals surface area (Å²) < 4.78 is 0. The molecule has 1 aliphatic rings. The SMILES string of the molecule is CCCNC(CCC1CCCCC1)CC(C)C. The van der Waals surface area contributed by atoms with E-state index in [1.54, 1.807) is 0 Å². The predicted molar refractivity (Wildman–Crippen MR) is 77.3 cm³/mol. The maximum atomic E-state index is 3.74. The molecule has 0 aromatic heterocycles. The number of hydrogen-bond donors (Lipinski definition) is 1. The van der Waals surface area contributed by atoms with Gasteiger partial charge in [-0.2, -0.15) is 0 Å². The molecule has 0 spiro atoms. The summed E-state index contributed by atoms with van der Waals surface area (Å²) in [7, 11) is 0. The number of hydrogen-bond acceptors (Lipinski definition) is 1. The average molecular weight is 239 g/mol. The molecular formula is C16H33N. The maximum Gasteiger partial charge on any atom is 0.00695 e. The molecule has 102 valence electrons. The van der Waals surface area contributed by atoms with Crippen LogP contribution in [0.25, 0.3) is 0 Å². The molecule has 1 heteroatoms. The fourth-order valence-corrected chi connectivity index (χ4v) is 3.13. The summed E-state index contributed by atoms with van der Waals surface area (Å²) in [5.74, 6) is 1.87. The molecule has 1 unspecified atom stereocenters. The first-order chi connectivity index (χ1) is 8.22. The van der Waals surface area contributed by atoms with Gasteiger partial charge in [-0.1, -0.05) is 52.9 Å². The summed E-state index contributed by atoms with van der Waals surface area (Å²) in [5, 5.41) is 3.74. The van der Waals surface area contributed by atoms with E-state index in [0.717, 1.165) is 17.9 Å². The zero-order valence-corrected chi connectivity index (χ0v) is 12.3. The third-order valence-corrected chi connectivity index (χ3v) is 4.09. The second kappa shape index (κ2) is 8.97. The van der Waals surface area contributed by atoms with E-state index in [1.165, 1.54) is 64.3 Å². The fourth-order valence-electron chi connectivity index (χ4n) is 3.13. The van der Waals surface area contributed by atoms with Crippen LogP contribution in [0.15, 0.2) is 0 Å². The summed E-state index contributed by atoms with van der Waals surface area (Å²) in [5.41, 5.74) is 0. The van der Waals surface area contributed by atoms with Crippen molar-refractivity contribution in [2.24, 2.45) is 11.8 Å². The second-order valence-corrected chi connectivity index (χ2v) is 6.36. The first-order valence-corrected chi connectivity index (χ1v) is 7.95. The Bertz CT molecular complexity index is 170. The standard InChI is InChI=1S/C16H33N/c1-4-12-17-16(13-14(2)3)11-10-15-8-6-5-7-9-15/h14-17H,4-13H2,1-3H3. The first-order valence-electron chi connectivity index (χ1n) is 7.95. The smallest absolute Gasteiger partial charge is 0.00695 e. The van der Waals surface area contributed by atoms with E-state index in [1.807, 2.05) is 0 Å². The van der Waals surface area contributed by atoms with Crippen LogP contribution in [0.4, 0.5) is 0 Å². The Morgan fingerprint density at radius 3 is 2.41 bits per heavy atom. The van der Waals surface area contributed by atoms with Crippen LogP contribution < -0.4 is 5.32 Å². The fraction of sp³-hybridized carbons (Fsp3) is 1.00. The summed E-state index contributed by atoms with van der Waals surface area (Å²) in [6.07, 6.45) is 13.0. The Morgan fingerprint density at radius 2 is 1.82 bits per heavy atom. The highest BCUT2D eigenvalue weighted by atomic mass is 14.9. The van der Waals surface area contributed by atoms with Gasteiger partial charge in [0, 0.05) is 6.04 Å². The molecule has 1 nitrogen and oxygen atoms in total. The molecule has 1 fully saturated rings. The van der Waals surface area contributed by atoms with E-state index in [4.69, 9.17) is 0 Å². The molecule has 0 bridgehead atoms. The lowest BCUT2D eigenvalue weighted by atomic mass is 9.84. The zero-order chi connectivity index (χ0) is 12.5. The van der Waals surface area contributed by atoms with Gasteiger partial charge in [-0.25, -0.2) is 0 Å². The van der Waals surface area contributed by atoms with E-state index in [0.29, 0.717) is 0 Å². The summed E-state index contributed by atoms with van der Waals surface area (Å²) >= 11 is 0. The number of rotatable bonds is 8. The second-order valence-electron chi connectivity index (χ2n) is 6.36. The lowest BCUT2D eigenvalue weighted by molar-refractivity contribution is 0.300. The van der Waals surface area contributed by atoms with Crippen LogP contribution in [0.3, 0.4) is 0 Å². The summed E-state index contributed by atoms with van der Waals surface area (Å²) in [6, 6.07) is 0.775. The van der Waals surface area contributed by atoms with Crippen molar-refractivity contribution in [3.05, 3.63) is 0 Å². The van der Waals surface area contributed by atoms with Crippen molar-refractivity contribution < 1.29 is 0 Å². The third-order valence-electron chi connectivity index (χ3n) is 4.09. The van der Waals surface area contributed by atoms with Crippen LogP contribution in [0.1, 0.15) is 78.6 Å². The normalized spacial score (nSPS) is 19.8. The van der Waals surface area contributed by atoms with Gasteiger partial charge in [0.05, 0.1) is 0 Å². The van der Waals surface area contributed by atoms with Crippen LogP contribution in [0, 0.1) is 11.8 Å². The molecule has 17 heavy (non-hydrogen) atoms. The monoisotopic (exact) mass is 239 g/mol. The molecule has 0 aliphatic heterocycles. The van der Waals surface area contributed by atoms with Gasteiger partial charge in [-0.15, -0.1) is 0 Å². The van der Waals surface area contributed by atoms with Gasteiger partial charge in [0.25, 0.3) is 0 Å². The van der Waals surface area contributed by atoms with E-state index >= 15 is 0 Å². The molecule has 1 atom stereocenters. The molecule has 0 radical (unpaired) electrons. The van der Waals surface area contributed by atoms with Crippen LogP contribution in [-0.4, -0.2) is 12.6 Å². The molecule has 0 aromatic rings. The lowest BCUT2D eigenvalue weighted by Gasteiger charge is -2.25. The van der Waals surface area contributed by atoms with Gasteiger partial charge in [0.2, 0.25) is 0 Å². The molecule has 0 heterocycles. The molecule has 0 saturated heterocycles. The predicted octanol–water partition coefficient (Wildman–Crippen LogP) is 4.76. The molecular weight excluding hydrogens is 206 g/mol. The van der Waals surface area contributed by atoms with E-state index in [9.17, 15) is 0 Å². The van der Waals surface area contributed by atoms with Gasteiger partial charge in [0.15, 0.2) is 0 Å². The molecule has 1 aliphatic carbocycles. The first kappa shape index (κ1) is 15.0. The maximum absolute atomic E-state index is 3.74. The largest absolute Gasteiger partial charge is 0.314 e. The van der Waals surface area contributed by atoms with Crippen molar-refractivity contribution >= 4 is 0 Å². The minimum absolute atomic E-state index is 0.775. The molecule has 0 aromatic carbocycles. The van der Waals surface area contributed by atoms with E-state index < -0.39 is 0 Å². The highest BCUT2D eigenvalue weighted by Crippen LogP contribution is 2.28. The van der Waals surface area contributed by atoms with Gasteiger partial charge in [-0.3, -0.25) is 0 Å². The van der Waals surface area contributed by atoms with Crippen molar-refractivity contribution in [1.29, 1.82) is 0 Å². The minimum atomic E-state index is 0.775.